The summed E-state index contributed by atoms with van der Waals surface area (Å²) in [5, 5.41) is 0.642. The van der Waals surface area contributed by atoms with Crippen LogP contribution in [0.3, 0.4) is 0 Å². The normalized spacial score (nSPS) is 8.85. The standard InChI is InChI=1S/C9H9ClO2.Na.H/c1-6-5-8(10)3-4-9(6)12-7(2)11;;/h3-5H,1-2H3;;/q;+1;-1. The van der Waals surface area contributed by atoms with Crippen molar-refractivity contribution in [1.29, 1.82) is 0 Å². The Labute approximate surface area is 106 Å². The van der Waals surface area contributed by atoms with Crippen LogP contribution in [0.25, 0.3) is 0 Å². The number of halogens is 1. The van der Waals surface area contributed by atoms with Crippen LogP contribution >= 0.6 is 11.6 Å². The fourth-order valence-electron chi connectivity index (χ4n) is 0.882. The molecule has 1 aromatic carbocycles. The SMILES string of the molecule is CC(=O)Oc1ccc(Cl)cc1C.[H-].[Na+]. The van der Waals surface area contributed by atoms with Crippen molar-refractivity contribution in [2.75, 3.05) is 0 Å². The second-order valence-corrected chi connectivity index (χ2v) is 2.94. The van der Waals surface area contributed by atoms with Crippen LogP contribution in [0.15, 0.2) is 18.2 Å². The van der Waals surface area contributed by atoms with Gasteiger partial charge >= 0.3 is 35.5 Å². The molecule has 0 radical (unpaired) electrons. The molecule has 0 heterocycles. The Kier molecular flexibility index (Phi) is 5.65. The maximum absolute atomic E-state index is 10.6. The molecular weight excluding hydrogens is 199 g/mol. The Bertz CT molecular complexity index is 318. The van der Waals surface area contributed by atoms with E-state index >= 15 is 0 Å². The van der Waals surface area contributed by atoms with E-state index in [0.717, 1.165) is 5.56 Å². The summed E-state index contributed by atoms with van der Waals surface area (Å²) in [6, 6.07) is 5.12. The van der Waals surface area contributed by atoms with Gasteiger partial charge in [-0.05, 0) is 30.7 Å². The van der Waals surface area contributed by atoms with E-state index in [9.17, 15) is 4.79 Å². The quantitative estimate of drug-likeness (QED) is 0.360. The van der Waals surface area contributed by atoms with Gasteiger partial charge in [0.2, 0.25) is 0 Å². The number of rotatable bonds is 1. The zero-order valence-electron chi connectivity index (χ0n) is 8.93. The van der Waals surface area contributed by atoms with Crippen molar-refractivity contribution >= 4 is 17.6 Å². The molecule has 66 valence electrons. The first-order valence-corrected chi connectivity index (χ1v) is 3.92. The minimum atomic E-state index is -0.319. The predicted molar refractivity (Wildman–Crippen MR) is 48.6 cm³/mol. The molecule has 0 fully saturated rings. The van der Waals surface area contributed by atoms with Gasteiger partial charge < -0.3 is 6.16 Å². The summed E-state index contributed by atoms with van der Waals surface area (Å²) in [6.45, 7) is 3.21. The minimum absolute atomic E-state index is 0. The molecule has 1 aromatic rings. The van der Waals surface area contributed by atoms with Gasteiger partial charge in [0.1, 0.15) is 5.75 Å². The number of esters is 1. The van der Waals surface area contributed by atoms with Gasteiger partial charge in [0.05, 0.1) is 0 Å². The van der Waals surface area contributed by atoms with Crippen molar-refractivity contribution in [3.63, 3.8) is 0 Å². The zero-order valence-corrected chi connectivity index (χ0v) is 10.7. The van der Waals surface area contributed by atoms with E-state index in [1.165, 1.54) is 6.92 Å². The Hall–Kier alpha value is -0.0200. The molecule has 0 unspecified atom stereocenters. The fraction of sp³-hybridized carbons (Fsp3) is 0.222. The van der Waals surface area contributed by atoms with E-state index in [0.29, 0.717) is 10.8 Å². The summed E-state index contributed by atoms with van der Waals surface area (Å²) in [7, 11) is 0. The fourth-order valence-corrected chi connectivity index (χ4v) is 1.11. The second kappa shape index (κ2) is 5.66. The van der Waals surface area contributed by atoms with Crippen LogP contribution in [0.2, 0.25) is 5.02 Å². The summed E-state index contributed by atoms with van der Waals surface area (Å²) < 4.78 is 4.90. The van der Waals surface area contributed by atoms with Crippen LogP contribution in [0.4, 0.5) is 0 Å². The van der Waals surface area contributed by atoms with Crippen LogP contribution in [0.1, 0.15) is 13.9 Å². The maximum atomic E-state index is 10.6. The number of hydrogen-bond donors (Lipinski definition) is 0. The number of ether oxygens (including phenoxy) is 1. The first-order valence-electron chi connectivity index (χ1n) is 3.54. The summed E-state index contributed by atoms with van der Waals surface area (Å²) in [5.41, 5.74) is 0.859. The first-order chi connectivity index (χ1) is 5.59. The van der Waals surface area contributed by atoms with Gasteiger partial charge in [-0.2, -0.15) is 0 Å². The van der Waals surface area contributed by atoms with Crippen LogP contribution < -0.4 is 34.3 Å². The summed E-state index contributed by atoms with van der Waals surface area (Å²) in [5.74, 6) is 0.243. The van der Waals surface area contributed by atoms with Crippen molar-refractivity contribution in [2.45, 2.75) is 13.8 Å². The van der Waals surface area contributed by atoms with E-state index in [1.54, 1.807) is 18.2 Å². The zero-order chi connectivity index (χ0) is 9.14. The third-order valence-electron chi connectivity index (χ3n) is 1.39. The van der Waals surface area contributed by atoms with E-state index in [-0.39, 0.29) is 37.0 Å². The van der Waals surface area contributed by atoms with E-state index in [2.05, 4.69) is 0 Å². The third kappa shape index (κ3) is 4.14. The molecule has 0 aromatic heterocycles. The molecule has 0 atom stereocenters. The molecule has 0 saturated carbocycles. The number of hydrogen-bond acceptors (Lipinski definition) is 2. The van der Waals surface area contributed by atoms with Gasteiger partial charge in [-0.25, -0.2) is 0 Å². The van der Waals surface area contributed by atoms with Gasteiger partial charge in [0.15, 0.2) is 0 Å². The van der Waals surface area contributed by atoms with E-state index in [4.69, 9.17) is 16.3 Å². The number of benzene rings is 1. The smallest absolute Gasteiger partial charge is 1.00 e. The Balaban J connectivity index is 0. The van der Waals surface area contributed by atoms with Gasteiger partial charge in [0, 0.05) is 11.9 Å². The van der Waals surface area contributed by atoms with Crippen LogP contribution in [-0.4, -0.2) is 5.97 Å². The topological polar surface area (TPSA) is 26.3 Å². The van der Waals surface area contributed by atoms with Crippen molar-refractivity contribution in [3.05, 3.63) is 28.8 Å². The average Bonchev–Trinajstić information content (AvgIpc) is 1.94. The van der Waals surface area contributed by atoms with Crippen LogP contribution in [0, 0.1) is 6.92 Å². The summed E-state index contributed by atoms with van der Waals surface area (Å²) in [4.78, 5) is 10.6. The van der Waals surface area contributed by atoms with Gasteiger partial charge in [-0.3, -0.25) is 4.79 Å². The van der Waals surface area contributed by atoms with E-state index in [1.807, 2.05) is 6.92 Å². The molecule has 13 heavy (non-hydrogen) atoms. The van der Waals surface area contributed by atoms with Crippen LogP contribution in [0.5, 0.6) is 5.75 Å². The van der Waals surface area contributed by atoms with Gasteiger partial charge in [-0.1, -0.05) is 11.6 Å². The van der Waals surface area contributed by atoms with Crippen molar-refractivity contribution in [1.82, 2.24) is 0 Å². The van der Waals surface area contributed by atoms with Gasteiger partial charge in [0.25, 0.3) is 0 Å². The Morgan fingerprint density at radius 2 is 2.15 bits per heavy atom. The molecule has 2 nitrogen and oxygen atoms in total. The summed E-state index contributed by atoms with van der Waals surface area (Å²) >= 11 is 5.71. The molecule has 0 aliphatic carbocycles. The first kappa shape index (κ1) is 13.0. The molecule has 0 bridgehead atoms. The second-order valence-electron chi connectivity index (χ2n) is 2.50. The number of aryl methyl sites for hydroxylation is 1. The van der Waals surface area contributed by atoms with Crippen LogP contribution in [-0.2, 0) is 4.79 Å². The van der Waals surface area contributed by atoms with E-state index < -0.39 is 0 Å². The Morgan fingerprint density at radius 1 is 1.54 bits per heavy atom. The molecule has 4 heteroatoms. The molecule has 1 rings (SSSR count). The molecular formula is C9H10ClNaO2. The summed E-state index contributed by atoms with van der Waals surface area (Å²) in [6.07, 6.45) is 0. The molecule has 0 amide bonds. The predicted octanol–water partition coefficient (Wildman–Crippen LogP) is -0.310. The molecule has 0 saturated heterocycles. The molecule has 0 aliphatic rings. The van der Waals surface area contributed by atoms with Crippen molar-refractivity contribution in [2.24, 2.45) is 0 Å². The monoisotopic (exact) mass is 208 g/mol. The van der Waals surface area contributed by atoms with Crippen molar-refractivity contribution < 1.29 is 40.5 Å². The third-order valence-corrected chi connectivity index (χ3v) is 1.63. The van der Waals surface area contributed by atoms with Crippen molar-refractivity contribution in [3.8, 4) is 5.75 Å². The largest absolute Gasteiger partial charge is 1.00 e. The Morgan fingerprint density at radius 3 is 2.62 bits per heavy atom. The molecule has 0 N–H and O–H groups in total. The number of carbonyl (C=O) groups is 1. The molecule has 0 aliphatic heterocycles. The minimum Gasteiger partial charge on any atom is -1.00 e. The van der Waals surface area contributed by atoms with Gasteiger partial charge in [-0.15, -0.1) is 0 Å². The maximum Gasteiger partial charge on any atom is 1.00 e. The number of carbonyl (C=O) groups excluding carboxylic acids is 1. The average molecular weight is 209 g/mol. The molecule has 0 spiro atoms.